The molecule has 0 aliphatic heterocycles. The van der Waals surface area contributed by atoms with Gasteiger partial charge in [0, 0.05) is 5.92 Å². The molecule has 0 aromatic heterocycles. The van der Waals surface area contributed by atoms with Gasteiger partial charge in [0.15, 0.2) is 0 Å². The van der Waals surface area contributed by atoms with E-state index in [-0.39, 0.29) is 18.4 Å². The summed E-state index contributed by atoms with van der Waals surface area (Å²) in [5.41, 5.74) is 4.45. The Morgan fingerprint density at radius 1 is 0.968 bits per heavy atom. The van der Waals surface area contributed by atoms with Crippen molar-refractivity contribution in [2.75, 3.05) is 6.61 Å². The van der Waals surface area contributed by atoms with Crippen molar-refractivity contribution in [3.8, 4) is 11.1 Å². The van der Waals surface area contributed by atoms with E-state index in [9.17, 15) is 19.5 Å². The summed E-state index contributed by atoms with van der Waals surface area (Å²) in [6.07, 6.45) is -0.120. The Hall–Kier alpha value is -3.35. The Morgan fingerprint density at radius 2 is 1.52 bits per heavy atom. The van der Waals surface area contributed by atoms with Crippen LogP contribution in [0.1, 0.15) is 44.2 Å². The number of ether oxygens (including phenoxy) is 1. The first kappa shape index (κ1) is 22.3. The molecule has 7 heteroatoms. The second-order valence-electron chi connectivity index (χ2n) is 7.90. The molecule has 0 radical (unpaired) electrons. The molecule has 3 N–H and O–H groups in total. The first-order chi connectivity index (χ1) is 14.8. The fraction of sp³-hybridized carbons (Fsp3) is 0.375. The summed E-state index contributed by atoms with van der Waals surface area (Å²) in [6.45, 7) is 5.24. The number of carbonyl (C=O) groups is 3. The van der Waals surface area contributed by atoms with E-state index in [0.29, 0.717) is 6.42 Å². The molecule has 0 saturated heterocycles. The van der Waals surface area contributed by atoms with Crippen LogP contribution >= 0.6 is 0 Å². The molecule has 7 nitrogen and oxygen atoms in total. The van der Waals surface area contributed by atoms with Gasteiger partial charge < -0.3 is 20.5 Å². The van der Waals surface area contributed by atoms with Gasteiger partial charge in [0.25, 0.3) is 0 Å². The minimum atomic E-state index is -1.10. The molecule has 1 aliphatic rings. The van der Waals surface area contributed by atoms with E-state index < -0.39 is 30.1 Å². The zero-order valence-electron chi connectivity index (χ0n) is 17.9. The average Bonchev–Trinajstić information content (AvgIpc) is 3.08. The van der Waals surface area contributed by atoms with Crippen LogP contribution in [-0.4, -0.2) is 41.8 Å². The number of carbonyl (C=O) groups excluding carboxylic acids is 2. The standard InChI is InChI=1S/C24H28N2O5/c1-4-14(2)21(23(28)29)26-22(27)15(3)25-24(30)31-13-20-18-11-7-5-9-16(18)17-10-6-8-12-19(17)20/h5-12,14-15,20-21H,4,13H2,1-3H3,(H,25,30)(H,26,27)(H,28,29)/t14?,15?,21-/m0/s1. The fourth-order valence-electron chi connectivity index (χ4n) is 3.84. The van der Waals surface area contributed by atoms with Gasteiger partial charge >= 0.3 is 12.1 Å². The lowest BCUT2D eigenvalue weighted by atomic mass is 9.98. The van der Waals surface area contributed by atoms with Crippen molar-refractivity contribution in [1.82, 2.24) is 10.6 Å². The highest BCUT2D eigenvalue weighted by molar-refractivity contribution is 5.89. The summed E-state index contributed by atoms with van der Waals surface area (Å²) in [6, 6.07) is 14.1. The van der Waals surface area contributed by atoms with Gasteiger partial charge in [-0.15, -0.1) is 0 Å². The SMILES string of the molecule is CCC(C)[C@H](NC(=O)C(C)NC(=O)OCC1c2ccccc2-c2ccccc21)C(=O)O. The number of rotatable bonds is 8. The lowest BCUT2D eigenvalue weighted by molar-refractivity contribution is -0.143. The Balaban J connectivity index is 1.59. The zero-order chi connectivity index (χ0) is 22.5. The van der Waals surface area contributed by atoms with Crippen molar-refractivity contribution >= 4 is 18.0 Å². The smallest absolute Gasteiger partial charge is 0.407 e. The first-order valence-electron chi connectivity index (χ1n) is 10.5. The van der Waals surface area contributed by atoms with Crippen LogP contribution in [0, 0.1) is 5.92 Å². The van der Waals surface area contributed by atoms with Crippen LogP contribution in [0.5, 0.6) is 0 Å². The molecule has 3 rings (SSSR count). The maximum absolute atomic E-state index is 12.4. The zero-order valence-corrected chi connectivity index (χ0v) is 17.9. The number of benzene rings is 2. The number of hydrogen-bond donors (Lipinski definition) is 3. The second-order valence-corrected chi connectivity index (χ2v) is 7.90. The summed E-state index contributed by atoms with van der Waals surface area (Å²) in [7, 11) is 0. The number of alkyl carbamates (subject to hydrolysis) is 1. The molecule has 2 unspecified atom stereocenters. The van der Waals surface area contributed by atoms with Gasteiger partial charge in [-0.25, -0.2) is 9.59 Å². The highest BCUT2D eigenvalue weighted by Gasteiger charge is 2.30. The summed E-state index contributed by atoms with van der Waals surface area (Å²) in [5, 5.41) is 14.3. The van der Waals surface area contributed by atoms with E-state index in [4.69, 9.17) is 4.74 Å². The highest BCUT2D eigenvalue weighted by Crippen LogP contribution is 2.44. The minimum Gasteiger partial charge on any atom is -0.480 e. The van der Waals surface area contributed by atoms with Gasteiger partial charge in [0.2, 0.25) is 5.91 Å². The number of aliphatic carboxylic acids is 1. The van der Waals surface area contributed by atoms with Crippen molar-refractivity contribution in [3.63, 3.8) is 0 Å². The number of amides is 2. The molecule has 1 aliphatic carbocycles. The Kier molecular flexibility index (Phi) is 6.95. The van der Waals surface area contributed by atoms with Gasteiger partial charge in [-0.3, -0.25) is 4.79 Å². The molecule has 31 heavy (non-hydrogen) atoms. The van der Waals surface area contributed by atoms with E-state index in [1.54, 1.807) is 6.92 Å². The van der Waals surface area contributed by atoms with Gasteiger partial charge in [0.1, 0.15) is 18.7 Å². The third kappa shape index (κ3) is 4.87. The van der Waals surface area contributed by atoms with E-state index >= 15 is 0 Å². The Labute approximate surface area is 181 Å². The quantitative estimate of drug-likeness (QED) is 0.601. The van der Waals surface area contributed by atoms with Crippen LogP contribution in [0.3, 0.4) is 0 Å². The molecule has 2 aromatic carbocycles. The molecule has 0 bridgehead atoms. The average molecular weight is 424 g/mol. The van der Waals surface area contributed by atoms with Crippen LogP contribution < -0.4 is 10.6 Å². The molecule has 3 atom stereocenters. The van der Waals surface area contributed by atoms with E-state index in [1.165, 1.54) is 6.92 Å². The molecule has 164 valence electrons. The molecule has 0 saturated carbocycles. The lowest BCUT2D eigenvalue weighted by Crippen LogP contribution is -2.52. The maximum atomic E-state index is 12.4. The van der Waals surface area contributed by atoms with Crippen LogP contribution in [0.15, 0.2) is 48.5 Å². The fourth-order valence-corrected chi connectivity index (χ4v) is 3.84. The molecule has 2 amide bonds. The predicted molar refractivity (Wildman–Crippen MR) is 117 cm³/mol. The Morgan fingerprint density at radius 3 is 2.03 bits per heavy atom. The molecular formula is C24H28N2O5. The molecule has 0 heterocycles. The third-order valence-corrected chi connectivity index (χ3v) is 5.85. The summed E-state index contributed by atoms with van der Waals surface area (Å²) >= 11 is 0. The number of hydrogen-bond acceptors (Lipinski definition) is 4. The summed E-state index contributed by atoms with van der Waals surface area (Å²) in [4.78, 5) is 36.1. The predicted octanol–water partition coefficient (Wildman–Crippen LogP) is 3.53. The van der Waals surface area contributed by atoms with Gasteiger partial charge in [-0.1, -0.05) is 68.8 Å². The second kappa shape index (κ2) is 9.64. The van der Waals surface area contributed by atoms with Crippen LogP contribution in [0.25, 0.3) is 11.1 Å². The maximum Gasteiger partial charge on any atom is 0.407 e. The van der Waals surface area contributed by atoms with Crippen LogP contribution in [0.2, 0.25) is 0 Å². The number of nitrogens with one attached hydrogen (secondary N) is 2. The van der Waals surface area contributed by atoms with Crippen molar-refractivity contribution in [3.05, 3.63) is 59.7 Å². The third-order valence-electron chi connectivity index (χ3n) is 5.85. The van der Waals surface area contributed by atoms with Crippen LogP contribution in [-0.2, 0) is 14.3 Å². The summed E-state index contributed by atoms with van der Waals surface area (Å²) < 4.78 is 5.44. The topological polar surface area (TPSA) is 105 Å². The van der Waals surface area contributed by atoms with Crippen molar-refractivity contribution in [1.29, 1.82) is 0 Å². The summed E-state index contributed by atoms with van der Waals surface area (Å²) in [5.74, 6) is -1.98. The number of carboxylic acids is 1. The van der Waals surface area contributed by atoms with E-state index in [2.05, 4.69) is 22.8 Å². The lowest BCUT2D eigenvalue weighted by Gasteiger charge is -2.22. The van der Waals surface area contributed by atoms with Gasteiger partial charge in [-0.05, 0) is 35.1 Å². The van der Waals surface area contributed by atoms with Crippen molar-refractivity contribution < 1.29 is 24.2 Å². The first-order valence-corrected chi connectivity index (χ1v) is 10.5. The Bertz CT molecular complexity index is 928. The van der Waals surface area contributed by atoms with Gasteiger partial charge in [0.05, 0.1) is 0 Å². The molecular weight excluding hydrogens is 396 g/mol. The number of carboxylic acid groups (broad SMARTS) is 1. The van der Waals surface area contributed by atoms with Crippen LogP contribution in [0.4, 0.5) is 4.79 Å². The van der Waals surface area contributed by atoms with E-state index in [1.807, 2.05) is 43.3 Å². The van der Waals surface area contributed by atoms with Gasteiger partial charge in [-0.2, -0.15) is 0 Å². The molecule has 2 aromatic rings. The highest BCUT2D eigenvalue weighted by atomic mass is 16.5. The molecule has 0 spiro atoms. The van der Waals surface area contributed by atoms with Crippen molar-refractivity contribution in [2.24, 2.45) is 5.92 Å². The monoisotopic (exact) mass is 424 g/mol. The normalized spacial score (nSPS) is 15.2. The van der Waals surface area contributed by atoms with E-state index in [0.717, 1.165) is 22.3 Å². The minimum absolute atomic E-state index is 0.0796. The molecule has 0 fully saturated rings. The van der Waals surface area contributed by atoms with Crippen molar-refractivity contribution in [2.45, 2.75) is 45.2 Å². The largest absolute Gasteiger partial charge is 0.480 e. The number of fused-ring (bicyclic) bond motifs is 3.